The first-order chi connectivity index (χ1) is 9.81. The molecule has 0 spiro atoms. The summed E-state index contributed by atoms with van der Waals surface area (Å²) in [6.07, 6.45) is 12.2. The van der Waals surface area contributed by atoms with E-state index >= 15 is 0 Å². The van der Waals surface area contributed by atoms with Crippen LogP contribution in [-0.2, 0) is 4.74 Å². The van der Waals surface area contributed by atoms with Crippen LogP contribution in [-0.4, -0.2) is 12.2 Å². The Bertz CT molecular complexity index is 358. The second-order valence-electron chi connectivity index (χ2n) is 7.72. The quantitative estimate of drug-likeness (QED) is 0.477. The Morgan fingerprint density at radius 3 is 2.67 bits per heavy atom. The fourth-order valence-corrected chi connectivity index (χ4v) is 2.92. The molecule has 0 aromatic carbocycles. The molecule has 0 heterocycles. The van der Waals surface area contributed by atoms with Gasteiger partial charge in [-0.25, -0.2) is 0 Å². The van der Waals surface area contributed by atoms with Crippen LogP contribution in [0, 0.1) is 11.8 Å². The first-order valence-electron chi connectivity index (χ1n) is 8.78. The van der Waals surface area contributed by atoms with Crippen molar-refractivity contribution < 1.29 is 4.74 Å². The maximum atomic E-state index is 6.22. The lowest BCUT2D eigenvalue weighted by Gasteiger charge is -2.32. The molecule has 0 aliphatic heterocycles. The molecular weight excluding hydrogens is 256 g/mol. The summed E-state index contributed by atoms with van der Waals surface area (Å²) in [4.78, 5) is 0. The van der Waals surface area contributed by atoms with Crippen LogP contribution in [0.5, 0.6) is 0 Å². The van der Waals surface area contributed by atoms with Crippen LogP contribution < -0.4 is 0 Å². The molecule has 21 heavy (non-hydrogen) atoms. The van der Waals surface area contributed by atoms with E-state index in [2.05, 4.69) is 53.7 Å². The lowest BCUT2D eigenvalue weighted by Crippen LogP contribution is -2.29. The first-order valence-corrected chi connectivity index (χ1v) is 8.78. The third-order valence-corrected chi connectivity index (χ3v) is 4.73. The standard InChI is InChI=1S/C20H36O/c1-16(2)8-7-9-17(3)14-15-21-20(5,6)19-12-10-18(4)11-13-19/h8,12,17-18H,7,9-11,13-15H2,1-6H3/t17?,18-/m0/s1. The highest BCUT2D eigenvalue weighted by molar-refractivity contribution is 5.17. The van der Waals surface area contributed by atoms with Crippen LogP contribution in [0.2, 0.25) is 0 Å². The van der Waals surface area contributed by atoms with Crippen molar-refractivity contribution in [1.29, 1.82) is 0 Å². The number of hydrogen-bond acceptors (Lipinski definition) is 1. The highest BCUT2D eigenvalue weighted by atomic mass is 16.5. The van der Waals surface area contributed by atoms with Gasteiger partial charge in [-0.1, -0.05) is 31.6 Å². The van der Waals surface area contributed by atoms with E-state index < -0.39 is 0 Å². The van der Waals surface area contributed by atoms with Crippen LogP contribution in [0.3, 0.4) is 0 Å². The fraction of sp³-hybridized carbons (Fsp3) is 0.800. The Kier molecular flexibility index (Phi) is 7.73. The van der Waals surface area contributed by atoms with Crippen molar-refractivity contribution in [3.05, 3.63) is 23.3 Å². The molecule has 0 N–H and O–H groups in total. The minimum atomic E-state index is -0.0697. The van der Waals surface area contributed by atoms with Crippen molar-refractivity contribution in [2.45, 2.75) is 85.7 Å². The predicted octanol–water partition coefficient (Wildman–Crippen LogP) is 6.30. The van der Waals surface area contributed by atoms with Gasteiger partial charge in [0.25, 0.3) is 0 Å². The van der Waals surface area contributed by atoms with Crippen LogP contribution >= 0.6 is 0 Å². The summed E-state index contributed by atoms with van der Waals surface area (Å²) in [6.45, 7) is 14.4. The Hall–Kier alpha value is -0.560. The van der Waals surface area contributed by atoms with E-state index in [0.717, 1.165) is 18.4 Å². The Labute approximate surface area is 132 Å². The average Bonchev–Trinajstić information content (AvgIpc) is 2.38. The molecule has 0 fully saturated rings. The van der Waals surface area contributed by atoms with Crippen LogP contribution in [0.25, 0.3) is 0 Å². The van der Waals surface area contributed by atoms with E-state index in [0.29, 0.717) is 0 Å². The average molecular weight is 293 g/mol. The molecule has 1 aliphatic carbocycles. The third-order valence-electron chi connectivity index (χ3n) is 4.73. The summed E-state index contributed by atoms with van der Waals surface area (Å²) in [5, 5.41) is 0. The van der Waals surface area contributed by atoms with Crippen LogP contribution in [0.15, 0.2) is 23.3 Å². The van der Waals surface area contributed by atoms with Crippen molar-refractivity contribution in [3.8, 4) is 0 Å². The summed E-state index contributed by atoms with van der Waals surface area (Å²) < 4.78 is 6.22. The van der Waals surface area contributed by atoms with E-state index in [4.69, 9.17) is 4.74 Å². The molecule has 2 atom stereocenters. The Morgan fingerprint density at radius 2 is 2.10 bits per heavy atom. The van der Waals surface area contributed by atoms with Gasteiger partial charge in [-0.2, -0.15) is 0 Å². The summed E-state index contributed by atoms with van der Waals surface area (Å²) in [5.41, 5.74) is 2.87. The van der Waals surface area contributed by atoms with Gasteiger partial charge in [0.2, 0.25) is 0 Å². The van der Waals surface area contributed by atoms with Crippen molar-refractivity contribution in [3.63, 3.8) is 0 Å². The SMILES string of the molecule is CC(C)=CCCC(C)CCOC(C)(C)C1=CC[C@H](C)CC1. The molecule has 0 aromatic heterocycles. The Balaban J connectivity index is 2.28. The second-order valence-corrected chi connectivity index (χ2v) is 7.72. The largest absolute Gasteiger partial charge is 0.371 e. The smallest absolute Gasteiger partial charge is 0.0835 e. The van der Waals surface area contributed by atoms with Gasteiger partial charge in [0.1, 0.15) is 0 Å². The molecule has 1 nitrogen and oxygen atoms in total. The maximum absolute atomic E-state index is 6.22. The molecule has 0 bridgehead atoms. The molecule has 0 amide bonds. The number of ether oxygens (including phenoxy) is 1. The predicted molar refractivity (Wildman–Crippen MR) is 93.6 cm³/mol. The molecule has 1 aliphatic rings. The summed E-state index contributed by atoms with van der Waals surface area (Å²) >= 11 is 0. The molecule has 1 unspecified atom stereocenters. The zero-order valence-corrected chi connectivity index (χ0v) is 15.2. The Morgan fingerprint density at radius 1 is 1.38 bits per heavy atom. The molecule has 0 radical (unpaired) electrons. The minimum Gasteiger partial charge on any atom is -0.371 e. The maximum Gasteiger partial charge on any atom is 0.0835 e. The van der Waals surface area contributed by atoms with Crippen LogP contribution in [0.4, 0.5) is 0 Å². The lowest BCUT2D eigenvalue weighted by atomic mass is 9.83. The molecule has 0 saturated heterocycles. The molecule has 122 valence electrons. The number of allylic oxidation sites excluding steroid dienone is 3. The summed E-state index contributed by atoms with van der Waals surface area (Å²) in [5.74, 6) is 1.59. The second kappa shape index (κ2) is 8.78. The van der Waals surface area contributed by atoms with Crippen molar-refractivity contribution >= 4 is 0 Å². The van der Waals surface area contributed by atoms with E-state index in [1.54, 1.807) is 0 Å². The van der Waals surface area contributed by atoms with E-state index in [1.165, 1.54) is 49.7 Å². The highest BCUT2D eigenvalue weighted by Crippen LogP contribution is 2.32. The molecule has 1 heteroatoms. The zero-order valence-electron chi connectivity index (χ0n) is 15.2. The molecular formula is C20H36O. The van der Waals surface area contributed by atoms with Crippen molar-refractivity contribution in [1.82, 2.24) is 0 Å². The molecule has 0 saturated carbocycles. The van der Waals surface area contributed by atoms with Crippen molar-refractivity contribution in [2.24, 2.45) is 11.8 Å². The van der Waals surface area contributed by atoms with Gasteiger partial charge in [0.05, 0.1) is 5.60 Å². The highest BCUT2D eigenvalue weighted by Gasteiger charge is 2.26. The zero-order chi connectivity index (χ0) is 15.9. The van der Waals surface area contributed by atoms with E-state index in [-0.39, 0.29) is 5.60 Å². The normalized spacial score (nSPS) is 20.9. The summed E-state index contributed by atoms with van der Waals surface area (Å²) in [6, 6.07) is 0. The van der Waals surface area contributed by atoms with Gasteiger partial charge in [0, 0.05) is 6.61 Å². The first kappa shape index (κ1) is 18.5. The molecule has 0 aromatic rings. The summed E-state index contributed by atoms with van der Waals surface area (Å²) in [7, 11) is 0. The van der Waals surface area contributed by atoms with Gasteiger partial charge in [-0.15, -0.1) is 0 Å². The monoisotopic (exact) mass is 292 g/mol. The van der Waals surface area contributed by atoms with E-state index in [9.17, 15) is 0 Å². The van der Waals surface area contributed by atoms with Gasteiger partial charge >= 0.3 is 0 Å². The van der Waals surface area contributed by atoms with Gasteiger partial charge < -0.3 is 4.74 Å². The van der Waals surface area contributed by atoms with Crippen molar-refractivity contribution in [2.75, 3.05) is 6.61 Å². The lowest BCUT2D eigenvalue weighted by molar-refractivity contribution is 0.000467. The van der Waals surface area contributed by atoms with E-state index in [1.807, 2.05) is 0 Å². The number of rotatable bonds is 8. The number of hydrogen-bond donors (Lipinski definition) is 0. The van der Waals surface area contributed by atoms with Gasteiger partial charge in [-0.05, 0) is 83.6 Å². The van der Waals surface area contributed by atoms with Crippen LogP contribution in [0.1, 0.15) is 80.1 Å². The van der Waals surface area contributed by atoms with Gasteiger partial charge in [-0.3, -0.25) is 0 Å². The molecule has 1 rings (SSSR count). The van der Waals surface area contributed by atoms with Gasteiger partial charge in [0.15, 0.2) is 0 Å². The topological polar surface area (TPSA) is 9.23 Å². The fourth-order valence-electron chi connectivity index (χ4n) is 2.92. The third kappa shape index (κ3) is 7.31. The minimum absolute atomic E-state index is 0.0697.